The van der Waals surface area contributed by atoms with Crippen LogP contribution >= 0.6 is 15.6 Å². The van der Waals surface area contributed by atoms with E-state index in [4.69, 9.17) is 32.3 Å². The van der Waals surface area contributed by atoms with Gasteiger partial charge in [0.15, 0.2) is 6.10 Å². The predicted octanol–water partition coefficient (Wildman–Crippen LogP) is 21.6. The molecule has 0 aliphatic carbocycles. The molecule has 5 atom stereocenters. The monoisotopic (exact) mass is 1420 g/mol. The fraction of sp³-hybridized carbons (Fsp3) is 0.617. The lowest BCUT2D eigenvalue weighted by atomic mass is 10.0. The van der Waals surface area contributed by atoms with Crippen molar-refractivity contribution in [2.75, 3.05) is 39.6 Å². The van der Waals surface area contributed by atoms with Gasteiger partial charge in [-0.15, -0.1) is 0 Å². The molecule has 0 bridgehead atoms. The van der Waals surface area contributed by atoms with Crippen LogP contribution in [-0.4, -0.2) is 95.9 Å². The summed E-state index contributed by atoms with van der Waals surface area (Å²) in [4.78, 5) is 58.5. The number of carbonyl (C=O) groups is 3. The molecule has 0 aromatic heterocycles. The molecule has 0 radical (unpaired) electrons. The fourth-order valence-corrected chi connectivity index (χ4v) is 10.9. The van der Waals surface area contributed by atoms with E-state index in [-0.39, 0.29) is 19.3 Å². The number of carbonyl (C=O) groups excluding carboxylic acids is 3. The summed E-state index contributed by atoms with van der Waals surface area (Å²) in [6.07, 6.45) is 91.3. The summed E-state index contributed by atoms with van der Waals surface area (Å²) in [5.41, 5.74) is 0. The highest BCUT2D eigenvalue weighted by Gasteiger charge is 2.29. The number of rotatable bonds is 69. The van der Waals surface area contributed by atoms with Crippen LogP contribution in [0.4, 0.5) is 0 Å². The highest BCUT2D eigenvalue weighted by atomic mass is 31.2. The molecule has 0 saturated carbocycles. The maximum atomic E-state index is 12.9. The van der Waals surface area contributed by atoms with Gasteiger partial charge in [-0.1, -0.05) is 274 Å². The molecule has 0 aliphatic heterocycles. The van der Waals surface area contributed by atoms with Crippen LogP contribution in [0.1, 0.15) is 265 Å². The van der Waals surface area contributed by atoms with E-state index in [0.717, 1.165) is 141 Å². The van der Waals surface area contributed by atoms with Crippen molar-refractivity contribution < 1.29 is 75.8 Å². The molecule has 99 heavy (non-hydrogen) atoms. The number of hydrogen-bond donors (Lipinski definition) is 4. The Bertz CT molecular complexity index is 2480. The molecule has 0 rings (SSSR count). The van der Waals surface area contributed by atoms with Crippen LogP contribution in [-0.2, 0) is 55.8 Å². The van der Waals surface area contributed by atoms with Crippen LogP contribution in [0, 0.1) is 0 Å². The number of aliphatic hydroxyl groups excluding tert-OH is 2. The Morgan fingerprint density at radius 3 is 0.838 bits per heavy atom. The molecule has 0 fully saturated rings. The summed E-state index contributed by atoms with van der Waals surface area (Å²) in [6.45, 7) is 2.21. The van der Waals surface area contributed by atoms with E-state index in [1.807, 2.05) is 12.2 Å². The molecule has 16 nitrogen and oxygen atoms in total. The number of phosphoric acid groups is 2. The molecule has 0 saturated heterocycles. The highest BCUT2D eigenvalue weighted by molar-refractivity contribution is 7.47. The number of allylic oxidation sites excluding steroid dienone is 28. The molecule has 4 N–H and O–H groups in total. The van der Waals surface area contributed by atoms with Gasteiger partial charge in [-0.25, -0.2) is 9.13 Å². The van der Waals surface area contributed by atoms with Gasteiger partial charge in [0.2, 0.25) is 0 Å². The lowest BCUT2D eigenvalue weighted by molar-refractivity contribution is -0.161. The highest BCUT2D eigenvalue weighted by Crippen LogP contribution is 2.45. The number of hydrogen-bond acceptors (Lipinski definition) is 14. The van der Waals surface area contributed by atoms with Crippen molar-refractivity contribution in [1.29, 1.82) is 0 Å². The maximum absolute atomic E-state index is 12.9. The Morgan fingerprint density at radius 1 is 0.283 bits per heavy atom. The second kappa shape index (κ2) is 72.7. The topological polar surface area (TPSA) is 231 Å². The largest absolute Gasteiger partial charge is 0.472 e. The maximum Gasteiger partial charge on any atom is 0.472 e. The Kier molecular flexibility index (Phi) is 69.0. The van der Waals surface area contributed by atoms with Gasteiger partial charge in [-0.3, -0.25) is 32.5 Å². The van der Waals surface area contributed by atoms with Crippen molar-refractivity contribution in [2.45, 2.75) is 283 Å². The quantitative estimate of drug-likeness (QED) is 0.0146. The zero-order chi connectivity index (χ0) is 72.3. The van der Waals surface area contributed by atoms with Gasteiger partial charge in [0, 0.05) is 19.3 Å². The van der Waals surface area contributed by atoms with Gasteiger partial charge in [-0.05, 0) is 141 Å². The second-order valence-corrected chi connectivity index (χ2v) is 27.2. The molecular weight excluding hydrogens is 1290 g/mol. The van der Waals surface area contributed by atoms with E-state index in [2.05, 4.69) is 179 Å². The van der Waals surface area contributed by atoms with E-state index < -0.39 is 91.5 Å². The molecule has 562 valence electrons. The first-order valence-electron chi connectivity index (χ1n) is 37.4. The average Bonchev–Trinajstić information content (AvgIpc) is 2.18. The molecule has 0 heterocycles. The third-order valence-corrected chi connectivity index (χ3v) is 16.8. The lowest BCUT2D eigenvalue weighted by Crippen LogP contribution is -2.30. The average molecular weight is 1420 g/mol. The van der Waals surface area contributed by atoms with E-state index in [9.17, 15) is 43.5 Å². The standard InChI is InChI=1S/C81H132O16P2/c1-4-7-10-13-16-19-22-25-28-31-32-33-34-35-36-37-38-39-40-41-42-45-47-49-52-55-58-61-64-67-79(84)91-70-76(82)71-93-98(87,88)94-72-77(83)73-95-99(89,90)96-75-78(97-81(86)69-66-63-60-57-54-51-48-44-30-27-24-21-18-15-12-9-6-3)74-92-80(85)68-65-62-59-56-53-50-46-43-29-26-23-20-17-14-11-8-5-2/h7-12,16-21,25-30,32-33,35-36,46,48,50-51,56,59,76-78,82-83H,4-6,13-15,22-24,31,34,37-45,47,49,52-55,57-58,60-75H2,1-3H3,(H,87,88)(H,89,90)/b10-7-,11-8-,12-9-,19-16-,20-17-,21-18-,28-25-,29-26-,30-27-,33-32-,36-35-,50-46-,51-48-,59-56-. The number of ether oxygens (including phenoxy) is 3. The first-order chi connectivity index (χ1) is 48.2. The van der Waals surface area contributed by atoms with Crippen molar-refractivity contribution in [2.24, 2.45) is 0 Å². The second-order valence-electron chi connectivity index (χ2n) is 24.3. The first-order valence-corrected chi connectivity index (χ1v) is 40.4. The van der Waals surface area contributed by atoms with E-state index in [1.54, 1.807) is 0 Å². The molecule has 0 aromatic rings. The summed E-state index contributed by atoms with van der Waals surface area (Å²) in [7, 11) is -9.82. The third kappa shape index (κ3) is 73.9. The summed E-state index contributed by atoms with van der Waals surface area (Å²) < 4.78 is 60.9. The minimum absolute atomic E-state index is 0.0583. The van der Waals surface area contributed by atoms with Gasteiger partial charge < -0.3 is 34.2 Å². The minimum atomic E-state index is -4.95. The van der Waals surface area contributed by atoms with Gasteiger partial charge in [0.1, 0.15) is 25.4 Å². The Labute approximate surface area is 599 Å². The lowest BCUT2D eigenvalue weighted by Gasteiger charge is -2.21. The van der Waals surface area contributed by atoms with Gasteiger partial charge in [-0.2, -0.15) is 0 Å². The Balaban J connectivity index is 4.59. The molecule has 0 spiro atoms. The van der Waals surface area contributed by atoms with E-state index in [1.165, 1.54) is 57.8 Å². The van der Waals surface area contributed by atoms with Crippen LogP contribution in [0.3, 0.4) is 0 Å². The van der Waals surface area contributed by atoms with Crippen LogP contribution in [0.15, 0.2) is 170 Å². The van der Waals surface area contributed by atoms with Gasteiger partial charge >= 0.3 is 33.6 Å². The van der Waals surface area contributed by atoms with Crippen LogP contribution in [0.5, 0.6) is 0 Å². The van der Waals surface area contributed by atoms with Crippen molar-refractivity contribution in [3.8, 4) is 0 Å². The smallest absolute Gasteiger partial charge is 0.463 e. The van der Waals surface area contributed by atoms with Gasteiger partial charge in [0.05, 0.1) is 26.4 Å². The predicted molar refractivity (Wildman–Crippen MR) is 408 cm³/mol. The number of phosphoric ester groups is 2. The molecule has 0 aliphatic rings. The fourth-order valence-electron chi connectivity index (χ4n) is 9.33. The molecule has 0 aromatic carbocycles. The molecule has 0 amide bonds. The minimum Gasteiger partial charge on any atom is -0.463 e. The molecule has 18 heteroatoms. The molecular formula is C81H132O16P2. The SMILES string of the molecule is CC/C=C\C/C=C\C/C=C\C/C=C\C/C=C\CCCCCCCCCCCCCCCC(=O)OCC(O)COP(=O)(O)OCC(O)COP(=O)(O)OCC(COC(=O)CCC/C=C\C/C=C\C/C=C\C/C=C\C/C=C\CC)OC(=O)CCCCCC/C=C\C/C=C\C/C=C\C/C=C\CC. The van der Waals surface area contributed by atoms with Crippen molar-refractivity contribution in [3.05, 3.63) is 170 Å². The van der Waals surface area contributed by atoms with E-state index >= 15 is 0 Å². The van der Waals surface area contributed by atoms with Crippen LogP contribution in [0.25, 0.3) is 0 Å². The number of aliphatic hydroxyl groups is 2. The summed E-state index contributed by atoms with van der Waals surface area (Å²) in [6, 6.07) is 0. The number of esters is 3. The summed E-state index contributed by atoms with van der Waals surface area (Å²) in [5.74, 6) is -1.68. The van der Waals surface area contributed by atoms with Crippen LogP contribution < -0.4 is 0 Å². The van der Waals surface area contributed by atoms with Gasteiger partial charge in [0.25, 0.3) is 0 Å². The summed E-state index contributed by atoms with van der Waals surface area (Å²) >= 11 is 0. The zero-order valence-corrected chi connectivity index (χ0v) is 62.9. The van der Waals surface area contributed by atoms with Crippen molar-refractivity contribution in [3.63, 3.8) is 0 Å². The third-order valence-electron chi connectivity index (χ3n) is 14.9. The number of unbranched alkanes of at least 4 members (excludes halogenated alkanes) is 18. The Hall–Kier alpha value is -5.09. The molecule has 5 unspecified atom stereocenters. The summed E-state index contributed by atoms with van der Waals surface area (Å²) in [5, 5.41) is 20.6. The first kappa shape index (κ1) is 93.9. The van der Waals surface area contributed by atoms with Crippen molar-refractivity contribution in [1.82, 2.24) is 0 Å². The Morgan fingerprint density at radius 2 is 0.515 bits per heavy atom. The normalized spacial score (nSPS) is 15.0. The van der Waals surface area contributed by atoms with Crippen molar-refractivity contribution >= 4 is 33.6 Å². The van der Waals surface area contributed by atoms with Crippen LogP contribution in [0.2, 0.25) is 0 Å². The van der Waals surface area contributed by atoms with E-state index in [0.29, 0.717) is 25.7 Å². The zero-order valence-electron chi connectivity index (χ0n) is 61.1.